The summed E-state index contributed by atoms with van der Waals surface area (Å²) in [5, 5.41) is 17.6. The molecule has 0 aliphatic carbocycles. The number of amides is 3. The Morgan fingerprint density at radius 3 is 2.39 bits per heavy atom. The fourth-order valence-electron chi connectivity index (χ4n) is 2.31. The van der Waals surface area contributed by atoms with Crippen LogP contribution in [0.15, 0.2) is 41.9 Å². The molecule has 176 valence electrons. The van der Waals surface area contributed by atoms with Crippen molar-refractivity contribution in [3.8, 4) is 10.6 Å². The highest BCUT2D eigenvalue weighted by atomic mass is 32.2. The molecule has 14 heteroatoms. The van der Waals surface area contributed by atoms with Gasteiger partial charge in [0.05, 0.1) is 12.9 Å². The van der Waals surface area contributed by atoms with E-state index < -0.39 is 46.2 Å². The first kappa shape index (κ1) is 25.6. The highest BCUT2D eigenvalue weighted by molar-refractivity contribution is 7.85. The van der Waals surface area contributed by atoms with Crippen molar-refractivity contribution in [1.29, 1.82) is 0 Å². The van der Waals surface area contributed by atoms with Crippen LogP contribution in [-0.2, 0) is 28.7 Å². The number of hydrogen-bond donors (Lipinski definition) is 4. The molecule has 0 fully saturated rings. The van der Waals surface area contributed by atoms with Gasteiger partial charge < -0.3 is 21.1 Å². The second kappa shape index (κ2) is 10.8. The zero-order chi connectivity index (χ0) is 24.8. The zero-order valence-corrected chi connectivity index (χ0v) is 19.1. The highest BCUT2D eigenvalue weighted by Crippen LogP contribution is 2.25. The second-order valence-electron chi connectivity index (χ2n) is 6.58. The third-order valence-electron chi connectivity index (χ3n) is 3.79. The van der Waals surface area contributed by atoms with E-state index in [1.165, 1.54) is 12.3 Å². The Balaban J connectivity index is 2.15. The maximum atomic E-state index is 12.6. The molecule has 0 radical (unpaired) electrons. The van der Waals surface area contributed by atoms with Gasteiger partial charge in [0.25, 0.3) is 16.0 Å². The number of nitrogens with one attached hydrogen (secondary N) is 3. The molecule has 0 bridgehead atoms. The second-order valence-corrected chi connectivity index (χ2v) is 9.09. The number of hydrogen-bond acceptors (Lipinski definition) is 9. The Labute approximate surface area is 192 Å². The molecule has 1 heterocycles. The summed E-state index contributed by atoms with van der Waals surface area (Å²) in [5.41, 5.74) is 0.525. The van der Waals surface area contributed by atoms with E-state index in [2.05, 4.69) is 26.4 Å². The maximum absolute atomic E-state index is 12.6. The zero-order valence-electron chi connectivity index (χ0n) is 17.4. The van der Waals surface area contributed by atoms with Crippen LogP contribution >= 0.6 is 11.3 Å². The van der Waals surface area contributed by atoms with Gasteiger partial charge in [-0.1, -0.05) is 6.58 Å². The van der Waals surface area contributed by atoms with Crippen molar-refractivity contribution in [2.24, 2.45) is 0 Å². The summed E-state index contributed by atoms with van der Waals surface area (Å²) in [6.07, 6.45) is 0.754. The number of aliphatic carboxylic acids is 1. The van der Waals surface area contributed by atoms with E-state index in [4.69, 9.17) is 5.11 Å². The number of carbonyl (C=O) groups is 4. The third kappa shape index (κ3) is 8.10. The molecule has 0 aliphatic rings. The van der Waals surface area contributed by atoms with E-state index in [-0.39, 0.29) is 11.6 Å². The van der Waals surface area contributed by atoms with E-state index in [1.54, 1.807) is 24.3 Å². The number of rotatable bonds is 10. The van der Waals surface area contributed by atoms with Crippen LogP contribution in [-0.4, -0.2) is 61.1 Å². The summed E-state index contributed by atoms with van der Waals surface area (Å²) in [5.74, 6) is -3.58. The van der Waals surface area contributed by atoms with Crippen LogP contribution in [0.2, 0.25) is 0 Å². The van der Waals surface area contributed by atoms with Crippen molar-refractivity contribution >= 4 is 50.8 Å². The molecule has 0 spiro atoms. The molecule has 12 nitrogen and oxygen atoms in total. The molecule has 1 atom stereocenters. The van der Waals surface area contributed by atoms with Crippen LogP contribution in [0.5, 0.6) is 0 Å². The average Bonchev–Trinajstić information content (AvgIpc) is 3.20. The predicted octanol–water partition coefficient (Wildman–Crippen LogP) is 0.558. The van der Waals surface area contributed by atoms with Crippen LogP contribution in [0.25, 0.3) is 10.6 Å². The van der Waals surface area contributed by atoms with Crippen molar-refractivity contribution in [3.63, 3.8) is 0 Å². The van der Waals surface area contributed by atoms with Gasteiger partial charge in [-0.3, -0.25) is 18.6 Å². The van der Waals surface area contributed by atoms with Crippen LogP contribution in [0, 0.1) is 0 Å². The number of anilines is 1. The van der Waals surface area contributed by atoms with Crippen LogP contribution in [0.4, 0.5) is 5.69 Å². The maximum Gasteiger partial charge on any atom is 0.351 e. The predicted molar refractivity (Wildman–Crippen MR) is 119 cm³/mol. The van der Waals surface area contributed by atoms with Gasteiger partial charge in [-0.05, 0) is 24.3 Å². The molecule has 1 aromatic heterocycles. The average molecular weight is 497 g/mol. The molecule has 1 unspecified atom stereocenters. The van der Waals surface area contributed by atoms with E-state index >= 15 is 0 Å². The molecule has 33 heavy (non-hydrogen) atoms. The fraction of sp³-hybridized carbons (Fsp3) is 0.211. The van der Waals surface area contributed by atoms with E-state index in [1.807, 2.05) is 5.32 Å². The van der Waals surface area contributed by atoms with Crippen LogP contribution in [0.3, 0.4) is 0 Å². The van der Waals surface area contributed by atoms with Gasteiger partial charge in [-0.2, -0.15) is 8.42 Å². The van der Waals surface area contributed by atoms with Gasteiger partial charge in [-0.25, -0.2) is 9.78 Å². The van der Waals surface area contributed by atoms with Gasteiger partial charge in [0.2, 0.25) is 11.8 Å². The molecule has 4 N–H and O–H groups in total. The minimum Gasteiger partial charge on any atom is -0.477 e. The summed E-state index contributed by atoms with van der Waals surface area (Å²) in [4.78, 5) is 51.1. The Kier molecular flexibility index (Phi) is 8.39. The lowest BCUT2D eigenvalue weighted by Crippen LogP contribution is -2.50. The lowest BCUT2D eigenvalue weighted by Gasteiger charge is -2.17. The molecule has 0 saturated carbocycles. The fourth-order valence-corrected chi connectivity index (χ4v) is 3.50. The highest BCUT2D eigenvalue weighted by Gasteiger charge is 2.26. The monoisotopic (exact) mass is 496 g/mol. The molecular weight excluding hydrogens is 476 g/mol. The van der Waals surface area contributed by atoms with Crippen molar-refractivity contribution < 1.29 is 36.9 Å². The summed E-state index contributed by atoms with van der Waals surface area (Å²) in [6.45, 7) is 3.75. The number of thiazole rings is 1. The standard InChI is InChI=1S/C19H20N4O8S2/c1-10(19(27)28)20-16(25)14(8-31-33(3,29)30)22-17(26)15-9-32-18(23-15)12-4-6-13(7-5-12)21-11(2)24/h4-7,9,14H,1,8H2,2-3H3,(H,20,25)(H,21,24)(H,22,26)(H,27,28). The minimum absolute atomic E-state index is 0.0600. The number of carboxylic acids is 1. The number of carboxylic acid groups (broad SMARTS) is 1. The molecule has 0 aliphatic heterocycles. The van der Waals surface area contributed by atoms with Gasteiger partial charge in [0.1, 0.15) is 22.4 Å². The van der Waals surface area contributed by atoms with Crippen molar-refractivity contribution in [3.05, 3.63) is 47.6 Å². The summed E-state index contributed by atoms with van der Waals surface area (Å²) in [6, 6.07) is 5.16. The van der Waals surface area contributed by atoms with Gasteiger partial charge in [0, 0.05) is 23.6 Å². The van der Waals surface area contributed by atoms with Gasteiger partial charge >= 0.3 is 5.97 Å². The molecule has 2 rings (SSSR count). The first-order chi connectivity index (χ1) is 15.4. The quantitative estimate of drug-likeness (QED) is 0.270. The first-order valence-electron chi connectivity index (χ1n) is 9.07. The Bertz CT molecular complexity index is 1190. The summed E-state index contributed by atoms with van der Waals surface area (Å²) in [7, 11) is -3.95. The lowest BCUT2D eigenvalue weighted by molar-refractivity contribution is -0.135. The molecule has 3 amide bonds. The molecule has 2 aromatic rings. The van der Waals surface area contributed by atoms with Crippen LogP contribution in [0.1, 0.15) is 17.4 Å². The van der Waals surface area contributed by atoms with Crippen molar-refractivity contribution in [2.45, 2.75) is 13.0 Å². The van der Waals surface area contributed by atoms with Crippen molar-refractivity contribution in [1.82, 2.24) is 15.6 Å². The summed E-state index contributed by atoms with van der Waals surface area (Å²) < 4.78 is 27.1. The number of nitrogens with zero attached hydrogens (tertiary/aromatic N) is 1. The summed E-state index contributed by atoms with van der Waals surface area (Å²) >= 11 is 1.14. The third-order valence-corrected chi connectivity index (χ3v) is 5.25. The normalized spacial score (nSPS) is 11.8. The van der Waals surface area contributed by atoms with Gasteiger partial charge in [0.15, 0.2) is 0 Å². The van der Waals surface area contributed by atoms with E-state index in [0.717, 1.165) is 17.6 Å². The minimum atomic E-state index is -3.95. The molecular formula is C19H20N4O8S2. The number of benzene rings is 1. The van der Waals surface area contributed by atoms with Gasteiger partial charge in [-0.15, -0.1) is 11.3 Å². The lowest BCUT2D eigenvalue weighted by atomic mass is 10.2. The first-order valence-corrected chi connectivity index (χ1v) is 11.8. The van der Waals surface area contributed by atoms with E-state index in [0.29, 0.717) is 16.3 Å². The smallest absolute Gasteiger partial charge is 0.351 e. The largest absolute Gasteiger partial charge is 0.477 e. The Morgan fingerprint density at radius 2 is 1.85 bits per heavy atom. The molecule has 1 aromatic carbocycles. The topological polar surface area (TPSA) is 181 Å². The van der Waals surface area contributed by atoms with E-state index in [9.17, 15) is 27.6 Å². The Morgan fingerprint density at radius 1 is 1.21 bits per heavy atom. The van der Waals surface area contributed by atoms with Crippen molar-refractivity contribution in [2.75, 3.05) is 18.2 Å². The number of carbonyl (C=O) groups excluding carboxylic acids is 3. The Hall–Kier alpha value is -3.62. The SMILES string of the molecule is C=C(NC(=O)C(COS(C)(=O)=O)NC(=O)c1csc(-c2ccc(NC(C)=O)cc2)n1)C(=O)O. The molecule has 0 saturated heterocycles. The van der Waals surface area contributed by atoms with Crippen LogP contribution < -0.4 is 16.0 Å². The number of aromatic nitrogens is 1.